The second kappa shape index (κ2) is 7.95. The quantitative estimate of drug-likeness (QED) is 0.664. The van der Waals surface area contributed by atoms with E-state index >= 15 is 0 Å². The molecule has 1 aliphatic carbocycles. The molecule has 8 heteroatoms. The van der Waals surface area contributed by atoms with Crippen molar-refractivity contribution in [2.45, 2.75) is 50.6 Å². The average Bonchev–Trinajstić information content (AvgIpc) is 3.33. The molecule has 3 heterocycles. The van der Waals surface area contributed by atoms with Gasteiger partial charge in [-0.15, -0.1) is 0 Å². The minimum atomic E-state index is -0.222. The van der Waals surface area contributed by atoms with Gasteiger partial charge in [0.15, 0.2) is 0 Å². The summed E-state index contributed by atoms with van der Waals surface area (Å²) < 4.78 is 1.72. The summed E-state index contributed by atoms with van der Waals surface area (Å²) in [6.45, 7) is 4.55. The molecule has 2 aromatic heterocycles. The number of amides is 2. The summed E-state index contributed by atoms with van der Waals surface area (Å²) in [5, 5.41) is 7.74. The average molecular weight is 446 g/mol. The number of carbonyl (C=O) groups excluding carboxylic acids is 1. The van der Waals surface area contributed by atoms with Gasteiger partial charge in [-0.25, -0.2) is 19.4 Å². The number of rotatable bonds is 4. The molecule has 1 spiro atoms. The lowest BCUT2D eigenvalue weighted by Crippen LogP contribution is -2.54. The fourth-order valence-corrected chi connectivity index (χ4v) is 5.48. The largest absolute Gasteiger partial charge is 0.330 e. The molecule has 0 atom stereocenters. The predicted molar refractivity (Wildman–Crippen MR) is 128 cm³/mol. The monoisotopic (exact) mass is 445 g/mol. The SMILES string of the molecule is Cc1cc(C)n(-c2ncc(N3C[C@]4(CC[C@@](c5ccccc5)(N(C)C)CC4)NC3=O)cn2)n1. The fourth-order valence-electron chi connectivity index (χ4n) is 5.48. The summed E-state index contributed by atoms with van der Waals surface area (Å²) in [4.78, 5) is 26.0. The molecule has 8 nitrogen and oxygen atoms in total. The van der Waals surface area contributed by atoms with Crippen molar-refractivity contribution in [3.63, 3.8) is 0 Å². The molecule has 2 amide bonds. The van der Waals surface area contributed by atoms with Crippen LogP contribution in [0, 0.1) is 13.8 Å². The van der Waals surface area contributed by atoms with Gasteiger partial charge in [-0.1, -0.05) is 30.3 Å². The maximum Gasteiger partial charge on any atom is 0.322 e. The number of hydrogen-bond donors (Lipinski definition) is 1. The molecule has 33 heavy (non-hydrogen) atoms. The predicted octanol–water partition coefficient (Wildman–Crippen LogP) is 3.58. The molecular weight excluding hydrogens is 414 g/mol. The number of hydrogen-bond acceptors (Lipinski definition) is 5. The normalized spacial score (nSPS) is 25.1. The van der Waals surface area contributed by atoms with Crippen molar-refractivity contribution < 1.29 is 4.79 Å². The highest BCUT2D eigenvalue weighted by Gasteiger charge is 2.50. The number of anilines is 1. The Balaban J connectivity index is 1.33. The molecule has 1 saturated heterocycles. The second-order valence-corrected chi connectivity index (χ2v) is 9.67. The lowest BCUT2D eigenvalue weighted by atomic mass is 9.69. The van der Waals surface area contributed by atoms with Crippen molar-refractivity contribution in [2.24, 2.45) is 0 Å². The summed E-state index contributed by atoms with van der Waals surface area (Å²) >= 11 is 0. The Morgan fingerprint density at radius 2 is 1.67 bits per heavy atom. The molecule has 0 radical (unpaired) electrons. The van der Waals surface area contributed by atoms with Crippen LogP contribution < -0.4 is 10.2 Å². The smallest absolute Gasteiger partial charge is 0.322 e. The van der Waals surface area contributed by atoms with Crippen LogP contribution in [0.3, 0.4) is 0 Å². The molecule has 5 rings (SSSR count). The summed E-state index contributed by atoms with van der Waals surface area (Å²) in [6.07, 6.45) is 7.26. The highest BCUT2D eigenvalue weighted by molar-refractivity contribution is 5.95. The van der Waals surface area contributed by atoms with Gasteiger partial charge in [0, 0.05) is 11.2 Å². The Labute approximate surface area is 194 Å². The number of aromatic nitrogens is 4. The van der Waals surface area contributed by atoms with E-state index in [4.69, 9.17) is 0 Å². The number of benzene rings is 1. The lowest BCUT2D eigenvalue weighted by molar-refractivity contribution is 0.0658. The summed E-state index contributed by atoms with van der Waals surface area (Å²) in [7, 11) is 4.32. The maximum absolute atomic E-state index is 13.0. The Kier molecular flexibility index (Phi) is 5.20. The molecule has 2 fully saturated rings. The van der Waals surface area contributed by atoms with Gasteiger partial charge in [0.1, 0.15) is 0 Å². The Hall–Kier alpha value is -3.26. The summed E-state index contributed by atoms with van der Waals surface area (Å²) in [5.41, 5.74) is 3.72. The van der Waals surface area contributed by atoms with Crippen molar-refractivity contribution in [1.29, 1.82) is 0 Å². The van der Waals surface area contributed by atoms with Crippen LogP contribution in [0.4, 0.5) is 10.5 Å². The van der Waals surface area contributed by atoms with E-state index in [2.05, 4.69) is 69.7 Å². The number of nitrogens with zero attached hydrogens (tertiary/aromatic N) is 6. The highest BCUT2D eigenvalue weighted by Crippen LogP contribution is 2.46. The van der Waals surface area contributed by atoms with Gasteiger partial charge in [0.2, 0.25) is 0 Å². The van der Waals surface area contributed by atoms with E-state index in [0.717, 1.165) is 37.1 Å². The van der Waals surface area contributed by atoms with Gasteiger partial charge in [-0.05, 0) is 65.3 Å². The number of nitrogens with one attached hydrogen (secondary N) is 1. The minimum Gasteiger partial charge on any atom is -0.330 e. The number of aryl methyl sites for hydroxylation is 2. The Morgan fingerprint density at radius 1 is 1.00 bits per heavy atom. The van der Waals surface area contributed by atoms with Gasteiger partial charge < -0.3 is 5.32 Å². The van der Waals surface area contributed by atoms with Crippen LogP contribution in [0.15, 0.2) is 48.8 Å². The zero-order valence-electron chi connectivity index (χ0n) is 19.7. The lowest BCUT2D eigenvalue weighted by Gasteiger charge is -2.48. The summed E-state index contributed by atoms with van der Waals surface area (Å²) in [6, 6.07) is 12.6. The minimum absolute atomic E-state index is 0.00479. The van der Waals surface area contributed by atoms with E-state index in [1.807, 2.05) is 19.9 Å². The Morgan fingerprint density at radius 3 is 2.24 bits per heavy atom. The van der Waals surface area contributed by atoms with Crippen molar-refractivity contribution in [2.75, 3.05) is 25.5 Å². The van der Waals surface area contributed by atoms with Crippen LogP contribution in [-0.2, 0) is 5.54 Å². The topological polar surface area (TPSA) is 79.2 Å². The van der Waals surface area contributed by atoms with Gasteiger partial charge in [0.05, 0.1) is 35.9 Å². The van der Waals surface area contributed by atoms with Crippen LogP contribution in [0.1, 0.15) is 42.6 Å². The highest BCUT2D eigenvalue weighted by atomic mass is 16.2. The fraction of sp³-hybridized carbons (Fsp3) is 0.440. The first-order chi connectivity index (χ1) is 15.8. The van der Waals surface area contributed by atoms with E-state index in [9.17, 15) is 4.79 Å². The molecule has 1 aliphatic heterocycles. The van der Waals surface area contributed by atoms with E-state index in [-0.39, 0.29) is 17.1 Å². The number of carbonyl (C=O) groups is 1. The van der Waals surface area contributed by atoms with Gasteiger partial charge in [-0.3, -0.25) is 9.80 Å². The molecule has 0 unspecified atom stereocenters. The number of urea groups is 1. The van der Waals surface area contributed by atoms with Crippen molar-refractivity contribution in [3.05, 3.63) is 65.7 Å². The van der Waals surface area contributed by atoms with Crippen LogP contribution in [0.5, 0.6) is 0 Å². The van der Waals surface area contributed by atoms with Crippen molar-refractivity contribution in [3.8, 4) is 5.95 Å². The summed E-state index contributed by atoms with van der Waals surface area (Å²) in [5.74, 6) is 0.509. The molecule has 172 valence electrons. The third-order valence-corrected chi connectivity index (χ3v) is 7.41. The van der Waals surface area contributed by atoms with Crippen LogP contribution >= 0.6 is 0 Å². The Bertz CT molecular complexity index is 1150. The molecule has 1 saturated carbocycles. The third kappa shape index (κ3) is 3.68. The first kappa shape index (κ1) is 21.6. The molecule has 2 aliphatic rings. The maximum atomic E-state index is 13.0. The van der Waals surface area contributed by atoms with Crippen molar-refractivity contribution >= 4 is 11.7 Å². The standard InChI is InChI=1S/C25H31N7O/c1-18-14-19(2)32(29-18)22-26-15-21(16-27-22)31-17-24(28-23(31)33)10-12-25(13-11-24,30(3)4)20-8-6-5-7-9-20/h5-9,14-16H,10-13,17H2,1-4H3,(H,28,33)/t24-,25-. The third-order valence-electron chi connectivity index (χ3n) is 7.41. The molecule has 1 aromatic carbocycles. The van der Waals surface area contributed by atoms with Crippen LogP contribution in [0.25, 0.3) is 5.95 Å². The van der Waals surface area contributed by atoms with E-state index in [1.54, 1.807) is 22.0 Å². The van der Waals surface area contributed by atoms with Gasteiger partial charge >= 0.3 is 6.03 Å². The first-order valence-corrected chi connectivity index (χ1v) is 11.5. The zero-order valence-corrected chi connectivity index (χ0v) is 19.7. The molecule has 3 aromatic rings. The zero-order chi connectivity index (χ0) is 23.2. The van der Waals surface area contributed by atoms with Crippen LogP contribution in [-0.4, -0.2) is 56.9 Å². The second-order valence-electron chi connectivity index (χ2n) is 9.67. The molecular formula is C25H31N7O. The van der Waals surface area contributed by atoms with E-state index in [0.29, 0.717) is 18.2 Å². The van der Waals surface area contributed by atoms with E-state index in [1.165, 1.54) is 5.56 Å². The molecule has 1 N–H and O–H groups in total. The van der Waals surface area contributed by atoms with E-state index < -0.39 is 0 Å². The van der Waals surface area contributed by atoms with Crippen molar-refractivity contribution in [1.82, 2.24) is 30.0 Å². The van der Waals surface area contributed by atoms with Gasteiger partial charge in [0.25, 0.3) is 5.95 Å². The molecule has 0 bridgehead atoms. The first-order valence-electron chi connectivity index (χ1n) is 11.5. The van der Waals surface area contributed by atoms with Crippen LogP contribution in [0.2, 0.25) is 0 Å². The van der Waals surface area contributed by atoms with Gasteiger partial charge in [-0.2, -0.15) is 5.10 Å².